The van der Waals surface area contributed by atoms with E-state index in [0.29, 0.717) is 0 Å². The first-order valence-electron chi connectivity index (χ1n) is 4.21. The molecule has 0 N–H and O–H groups in total. The fourth-order valence-electron chi connectivity index (χ4n) is 1.33. The van der Waals surface area contributed by atoms with Gasteiger partial charge in [-0.15, -0.1) is 0 Å². The van der Waals surface area contributed by atoms with Crippen LogP contribution in [0.3, 0.4) is 0 Å². The molecule has 0 unspecified atom stereocenters. The van der Waals surface area contributed by atoms with Gasteiger partial charge in [-0.05, 0) is 23.7 Å². The van der Waals surface area contributed by atoms with Crippen molar-refractivity contribution >= 4 is 16.8 Å². The third kappa shape index (κ3) is 2.50. The van der Waals surface area contributed by atoms with Crippen molar-refractivity contribution in [2.24, 2.45) is 0 Å². The minimum Gasteiger partial charge on any atom is -0.496 e. The number of alkyl halides is 3. The van der Waals surface area contributed by atoms with Crippen molar-refractivity contribution in [3.63, 3.8) is 0 Å². The Kier molecular flexibility index (Phi) is 3.63. The van der Waals surface area contributed by atoms with Crippen LogP contribution in [-0.2, 0) is 6.18 Å². The molecule has 0 atom stereocenters. The van der Waals surface area contributed by atoms with E-state index in [2.05, 4.69) is 4.74 Å². The van der Waals surface area contributed by atoms with E-state index in [0.717, 1.165) is 19.2 Å². The molecule has 0 saturated carbocycles. The van der Waals surface area contributed by atoms with Crippen LogP contribution in [0.2, 0.25) is 0 Å². The van der Waals surface area contributed by atoms with Gasteiger partial charge in [-0.2, -0.15) is 18.4 Å². The zero-order valence-electron chi connectivity index (χ0n) is 8.43. The van der Waals surface area contributed by atoms with Crippen LogP contribution in [0.15, 0.2) is 12.1 Å². The van der Waals surface area contributed by atoms with Crippen molar-refractivity contribution in [3.8, 4) is 11.8 Å². The third-order valence-corrected chi connectivity index (χ3v) is 2.18. The van der Waals surface area contributed by atoms with Gasteiger partial charge in [0.2, 0.25) is 0 Å². The highest BCUT2D eigenvalue weighted by Crippen LogP contribution is 2.40. The number of carbonyl (C=O) groups excluding carboxylic acids is 1. The lowest BCUT2D eigenvalue weighted by molar-refractivity contribution is -0.139. The fourth-order valence-corrected chi connectivity index (χ4v) is 1.53. The molecule has 1 aromatic carbocycles. The molecule has 0 bridgehead atoms. The Bertz CT molecular complexity index is 505. The fraction of sp³-hybridized carbons (Fsp3) is 0.200. The van der Waals surface area contributed by atoms with Crippen molar-refractivity contribution in [2.75, 3.05) is 7.11 Å². The van der Waals surface area contributed by atoms with Crippen LogP contribution in [0.1, 0.15) is 21.5 Å². The van der Waals surface area contributed by atoms with Gasteiger partial charge in [0.1, 0.15) is 11.3 Å². The Hall–Kier alpha value is -1.74. The number of ether oxygens (including phenoxy) is 1. The largest absolute Gasteiger partial charge is 0.496 e. The first-order valence-corrected chi connectivity index (χ1v) is 4.58. The molecule has 1 rings (SSSR count). The van der Waals surface area contributed by atoms with Crippen molar-refractivity contribution < 1.29 is 22.7 Å². The smallest absolute Gasteiger partial charge is 0.420 e. The maximum absolute atomic E-state index is 12.8. The molecule has 7 heteroatoms. The van der Waals surface area contributed by atoms with Crippen molar-refractivity contribution in [2.45, 2.75) is 6.18 Å². The minimum absolute atomic E-state index is 0.446. The molecule has 0 amide bonds. The van der Waals surface area contributed by atoms with Gasteiger partial charge in [-0.25, -0.2) is 0 Å². The van der Waals surface area contributed by atoms with E-state index in [1.165, 1.54) is 6.07 Å². The van der Waals surface area contributed by atoms with Gasteiger partial charge >= 0.3 is 6.18 Å². The SMILES string of the molecule is COc1ccc(C#N)c(C(=O)Cl)c1C(F)(F)F. The summed E-state index contributed by atoms with van der Waals surface area (Å²) < 4.78 is 42.8. The van der Waals surface area contributed by atoms with E-state index in [-0.39, 0.29) is 0 Å². The van der Waals surface area contributed by atoms with Crippen LogP contribution in [0.4, 0.5) is 13.2 Å². The number of hydrogen-bond acceptors (Lipinski definition) is 3. The predicted octanol–water partition coefficient (Wildman–Crippen LogP) is 2.96. The van der Waals surface area contributed by atoms with Crippen LogP contribution in [0.25, 0.3) is 0 Å². The van der Waals surface area contributed by atoms with Gasteiger partial charge in [0.05, 0.1) is 24.3 Å². The molecule has 0 aromatic heterocycles. The quantitative estimate of drug-likeness (QED) is 0.771. The maximum Gasteiger partial charge on any atom is 0.420 e. The predicted molar refractivity (Wildman–Crippen MR) is 52.9 cm³/mol. The lowest BCUT2D eigenvalue weighted by Crippen LogP contribution is -2.14. The normalized spacial score (nSPS) is 10.8. The Morgan fingerprint density at radius 3 is 2.41 bits per heavy atom. The second kappa shape index (κ2) is 4.63. The molecule has 0 radical (unpaired) electrons. The monoisotopic (exact) mass is 263 g/mol. The first-order chi connectivity index (χ1) is 7.82. The molecule has 0 spiro atoms. The van der Waals surface area contributed by atoms with E-state index in [4.69, 9.17) is 16.9 Å². The Labute approximate surface area is 99.4 Å². The molecule has 0 aliphatic rings. The summed E-state index contributed by atoms with van der Waals surface area (Å²) in [6.07, 6.45) is -4.84. The van der Waals surface area contributed by atoms with Crippen molar-refractivity contribution in [1.82, 2.24) is 0 Å². The zero-order chi connectivity index (χ0) is 13.2. The zero-order valence-corrected chi connectivity index (χ0v) is 9.19. The summed E-state index contributed by atoms with van der Waals surface area (Å²) in [5.74, 6) is -0.555. The van der Waals surface area contributed by atoms with Gasteiger partial charge in [-0.3, -0.25) is 4.79 Å². The standard InChI is InChI=1S/C10H5ClF3NO2/c1-17-6-3-2-5(4-15)7(9(11)16)8(6)10(12,13)14/h2-3H,1H3. The molecule has 17 heavy (non-hydrogen) atoms. The lowest BCUT2D eigenvalue weighted by atomic mass is 10.0. The summed E-state index contributed by atoms with van der Waals surface area (Å²) in [6, 6.07) is 3.49. The molecule has 1 aromatic rings. The molecule has 0 aliphatic carbocycles. The van der Waals surface area contributed by atoms with Gasteiger partial charge < -0.3 is 4.74 Å². The van der Waals surface area contributed by atoms with E-state index in [9.17, 15) is 18.0 Å². The highest BCUT2D eigenvalue weighted by molar-refractivity contribution is 6.68. The van der Waals surface area contributed by atoms with Crippen LogP contribution in [-0.4, -0.2) is 12.4 Å². The molecular weight excluding hydrogens is 259 g/mol. The summed E-state index contributed by atoms with van der Waals surface area (Å²) in [5.41, 5.74) is -2.67. The van der Waals surface area contributed by atoms with Crippen molar-refractivity contribution in [1.29, 1.82) is 5.26 Å². The summed E-state index contributed by atoms with van der Waals surface area (Å²) in [5, 5.41) is 7.30. The number of rotatable bonds is 2. The number of carbonyl (C=O) groups is 1. The highest BCUT2D eigenvalue weighted by atomic mass is 35.5. The Morgan fingerprint density at radius 1 is 1.47 bits per heavy atom. The minimum atomic E-state index is -4.84. The van der Waals surface area contributed by atoms with Crippen LogP contribution in [0, 0.1) is 11.3 Å². The summed E-state index contributed by atoms with van der Waals surface area (Å²) in [4.78, 5) is 11.0. The molecule has 0 saturated heterocycles. The van der Waals surface area contributed by atoms with Crippen LogP contribution < -0.4 is 4.74 Å². The number of hydrogen-bond donors (Lipinski definition) is 0. The topological polar surface area (TPSA) is 50.1 Å². The third-order valence-electron chi connectivity index (χ3n) is 1.99. The average molecular weight is 264 g/mol. The van der Waals surface area contributed by atoms with Crippen LogP contribution in [0.5, 0.6) is 5.75 Å². The van der Waals surface area contributed by atoms with Gasteiger partial charge in [0, 0.05) is 0 Å². The maximum atomic E-state index is 12.8. The first kappa shape index (κ1) is 13.3. The molecule has 0 aliphatic heterocycles. The Morgan fingerprint density at radius 2 is 2.06 bits per heavy atom. The van der Waals surface area contributed by atoms with E-state index < -0.39 is 33.9 Å². The number of halogens is 4. The van der Waals surface area contributed by atoms with Crippen molar-refractivity contribution in [3.05, 3.63) is 28.8 Å². The summed E-state index contributed by atoms with van der Waals surface area (Å²) in [7, 11) is 1.03. The van der Waals surface area contributed by atoms with E-state index >= 15 is 0 Å². The molecule has 0 heterocycles. The second-order valence-electron chi connectivity index (χ2n) is 2.95. The highest BCUT2D eigenvalue weighted by Gasteiger charge is 2.40. The second-order valence-corrected chi connectivity index (χ2v) is 3.29. The molecule has 90 valence electrons. The van der Waals surface area contributed by atoms with Gasteiger partial charge in [0.15, 0.2) is 0 Å². The summed E-state index contributed by atoms with van der Waals surface area (Å²) >= 11 is 5.08. The molecular formula is C10H5ClF3NO2. The molecule has 3 nitrogen and oxygen atoms in total. The number of nitriles is 1. The van der Waals surface area contributed by atoms with Gasteiger partial charge in [-0.1, -0.05) is 0 Å². The van der Waals surface area contributed by atoms with Gasteiger partial charge in [0.25, 0.3) is 5.24 Å². The Balaban J connectivity index is 3.73. The number of methoxy groups -OCH3 is 1. The summed E-state index contributed by atoms with van der Waals surface area (Å²) in [6.45, 7) is 0. The molecule has 0 fully saturated rings. The van der Waals surface area contributed by atoms with E-state index in [1.807, 2.05) is 0 Å². The number of nitrogens with zero attached hydrogens (tertiary/aromatic N) is 1. The van der Waals surface area contributed by atoms with E-state index in [1.54, 1.807) is 0 Å². The average Bonchev–Trinajstić information content (AvgIpc) is 2.25. The van der Waals surface area contributed by atoms with Crippen LogP contribution >= 0.6 is 11.6 Å². The number of benzene rings is 1. The lowest BCUT2D eigenvalue weighted by Gasteiger charge is -2.15.